The molecule has 0 radical (unpaired) electrons. The highest BCUT2D eigenvalue weighted by Crippen LogP contribution is 2.23. The van der Waals surface area contributed by atoms with Crippen molar-refractivity contribution in [3.8, 4) is 0 Å². The number of alkyl halides is 3. The average molecular weight is 332 g/mol. The number of amides is 1. The van der Waals surface area contributed by atoms with Crippen molar-refractivity contribution < 1.29 is 23.1 Å². The molecule has 7 heteroatoms. The molecule has 130 valence electrons. The first-order valence-electron chi connectivity index (χ1n) is 7.27. The summed E-state index contributed by atoms with van der Waals surface area (Å²) in [5.41, 5.74) is 3.51. The molecular formula is C16H23F3N2O2. The summed E-state index contributed by atoms with van der Waals surface area (Å²) >= 11 is 0. The molecule has 0 saturated carbocycles. The number of halogens is 3. The molecule has 0 spiro atoms. The summed E-state index contributed by atoms with van der Waals surface area (Å²) in [6.07, 6.45) is -7.18. The van der Waals surface area contributed by atoms with Gasteiger partial charge in [-0.15, -0.1) is 0 Å². The Hall–Kier alpha value is -1.60. The number of carbonyl (C=O) groups excluding carboxylic acids is 1. The van der Waals surface area contributed by atoms with Gasteiger partial charge in [-0.05, 0) is 45.9 Å². The van der Waals surface area contributed by atoms with E-state index in [4.69, 9.17) is 5.11 Å². The maximum Gasteiger partial charge on any atom is 0.415 e. The number of aliphatic hydroxyl groups excluding tert-OH is 1. The van der Waals surface area contributed by atoms with E-state index in [-0.39, 0.29) is 0 Å². The first-order valence-corrected chi connectivity index (χ1v) is 7.27. The van der Waals surface area contributed by atoms with Crippen LogP contribution in [0.5, 0.6) is 0 Å². The molecule has 1 amide bonds. The number of benzene rings is 1. The van der Waals surface area contributed by atoms with E-state index >= 15 is 0 Å². The molecule has 4 nitrogen and oxygen atoms in total. The first kappa shape index (κ1) is 19.4. The molecule has 0 heterocycles. The Labute approximate surface area is 134 Å². The van der Waals surface area contributed by atoms with Gasteiger partial charge in [-0.3, -0.25) is 9.69 Å². The van der Waals surface area contributed by atoms with Crippen molar-refractivity contribution in [2.24, 2.45) is 0 Å². The number of nitrogens with zero attached hydrogens (tertiary/aromatic N) is 1. The zero-order chi connectivity index (χ0) is 17.9. The molecule has 0 aliphatic heterocycles. The molecule has 2 atom stereocenters. The summed E-state index contributed by atoms with van der Waals surface area (Å²) in [7, 11) is 1.37. The number of aryl methyl sites for hydroxylation is 3. The lowest BCUT2D eigenvalue weighted by molar-refractivity contribution is -0.208. The third-order valence-electron chi connectivity index (χ3n) is 3.80. The van der Waals surface area contributed by atoms with Gasteiger partial charge in [0.1, 0.15) is 0 Å². The Morgan fingerprint density at radius 2 is 1.74 bits per heavy atom. The van der Waals surface area contributed by atoms with Gasteiger partial charge in [0.2, 0.25) is 5.91 Å². The van der Waals surface area contributed by atoms with Crippen LogP contribution in [0.1, 0.15) is 23.6 Å². The summed E-state index contributed by atoms with van der Waals surface area (Å²) in [6, 6.07) is 3.03. The van der Waals surface area contributed by atoms with Gasteiger partial charge in [0.15, 0.2) is 6.10 Å². The number of rotatable bonds is 5. The van der Waals surface area contributed by atoms with E-state index in [0.717, 1.165) is 16.7 Å². The average Bonchev–Trinajstić information content (AvgIpc) is 2.40. The van der Waals surface area contributed by atoms with Gasteiger partial charge in [0, 0.05) is 12.2 Å². The molecule has 0 fully saturated rings. The summed E-state index contributed by atoms with van der Waals surface area (Å²) in [5, 5.41) is 11.9. The van der Waals surface area contributed by atoms with Crippen LogP contribution < -0.4 is 5.32 Å². The second kappa shape index (κ2) is 7.31. The molecule has 23 heavy (non-hydrogen) atoms. The summed E-state index contributed by atoms with van der Waals surface area (Å²) in [4.78, 5) is 13.4. The van der Waals surface area contributed by atoms with Crippen LogP contribution in [0.25, 0.3) is 0 Å². The van der Waals surface area contributed by atoms with Crippen LogP contribution in [0, 0.1) is 20.8 Å². The minimum atomic E-state index is -4.70. The standard InChI is InChI=1S/C16H23F3N2O2/c1-9-6-10(2)14(11(3)7-9)20-15(23)12(4)21(5)8-13(22)16(17,18)19/h6-7,12-13,22H,8H2,1-5H3,(H,20,23). The van der Waals surface area contributed by atoms with Crippen molar-refractivity contribution in [1.29, 1.82) is 0 Å². The van der Waals surface area contributed by atoms with Crippen LogP contribution in [0.3, 0.4) is 0 Å². The molecular weight excluding hydrogens is 309 g/mol. The summed E-state index contributed by atoms with van der Waals surface area (Å²) in [6.45, 7) is 6.50. The Morgan fingerprint density at radius 3 is 2.17 bits per heavy atom. The fourth-order valence-electron chi connectivity index (χ4n) is 2.34. The van der Waals surface area contributed by atoms with Crippen LogP contribution in [-0.2, 0) is 4.79 Å². The predicted molar refractivity (Wildman–Crippen MR) is 83.4 cm³/mol. The monoisotopic (exact) mass is 332 g/mol. The lowest BCUT2D eigenvalue weighted by Crippen LogP contribution is -2.46. The largest absolute Gasteiger partial charge is 0.415 e. The minimum Gasteiger partial charge on any atom is -0.382 e. The topological polar surface area (TPSA) is 52.6 Å². The van der Waals surface area contributed by atoms with Gasteiger partial charge in [0.25, 0.3) is 0 Å². The first-order chi connectivity index (χ1) is 10.4. The van der Waals surface area contributed by atoms with Crippen LogP contribution in [-0.4, -0.2) is 47.8 Å². The molecule has 2 N–H and O–H groups in total. The molecule has 0 aromatic heterocycles. The van der Waals surface area contributed by atoms with Crippen molar-refractivity contribution in [3.05, 3.63) is 28.8 Å². The molecule has 0 aliphatic carbocycles. The Bertz CT molecular complexity index is 550. The number of carbonyl (C=O) groups is 1. The lowest BCUT2D eigenvalue weighted by Gasteiger charge is -2.27. The van der Waals surface area contributed by atoms with Gasteiger partial charge in [-0.1, -0.05) is 17.7 Å². The number of aliphatic hydroxyl groups is 1. The highest BCUT2D eigenvalue weighted by molar-refractivity contribution is 5.95. The second-order valence-corrected chi connectivity index (χ2v) is 5.94. The van der Waals surface area contributed by atoms with E-state index in [2.05, 4.69) is 5.32 Å². The minimum absolute atomic E-state index is 0.420. The van der Waals surface area contributed by atoms with Crippen molar-refractivity contribution in [1.82, 2.24) is 4.90 Å². The number of anilines is 1. The van der Waals surface area contributed by atoms with Crippen LogP contribution in [0.4, 0.5) is 18.9 Å². The molecule has 0 bridgehead atoms. The third kappa shape index (κ3) is 5.21. The highest BCUT2D eigenvalue weighted by Gasteiger charge is 2.39. The maximum absolute atomic E-state index is 12.4. The van der Waals surface area contributed by atoms with Crippen molar-refractivity contribution in [2.75, 3.05) is 18.9 Å². The highest BCUT2D eigenvalue weighted by atomic mass is 19.4. The van der Waals surface area contributed by atoms with E-state index < -0.39 is 30.8 Å². The maximum atomic E-state index is 12.4. The number of likely N-dealkylation sites (N-methyl/N-ethyl adjacent to an activating group) is 1. The normalized spacial score (nSPS) is 14.7. The molecule has 1 aromatic rings. The molecule has 0 saturated heterocycles. The Morgan fingerprint density at radius 1 is 1.26 bits per heavy atom. The Kier molecular flexibility index (Phi) is 6.18. The molecule has 1 rings (SSSR count). The number of hydrogen-bond acceptors (Lipinski definition) is 3. The van der Waals surface area contributed by atoms with E-state index in [1.54, 1.807) is 0 Å². The number of hydrogen-bond donors (Lipinski definition) is 2. The van der Waals surface area contributed by atoms with Crippen LogP contribution >= 0.6 is 0 Å². The van der Waals surface area contributed by atoms with E-state index in [9.17, 15) is 18.0 Å². The predicted octanol–water partition coefficient (Wildman–Crippen LogP) is 2.79. The molecule has 1 aromatic carbocycles. The van der Waals surface area contributed by atoms with Gasteiger partial charge in [-0.25, -0.2) is 0 Å². The van der Waals surface area contributed by atoms with Crippen LogP contribution in [0.15, 0.2) is 12.1 Å². The van der Waals surface area contributed by atoms with E-state index in [1.165, 1.54) is 18.9 Å². The van der Waals surface area contributed by atoms with E-state index in [0.29, 0.717) is 5.69 Å². The van der Waals surface area contributed by atoms with Gasteiger partial charge < -0.3 is 10.4 Å². The molecule has 2 unspecified atom stereocenters. The zero-order valence-corrected chi connectivity index (χ0v) is 14.0. The smallest absolute Gasteiger partial charge is 0.382 e. The fourth-order valence-corrected chi connectivity index (χ4v) is 2.34. The SMILES string of the molecule is Cc1cc(C)c(NC(=O)C(C)N(C)CC(O)C(F)(F)F)c(C)c1. The van der Waals surface area contributed by atoms with Crippen LogP contribution in [0.2, 0.25) is 0 Å². The van der Waals surface area contributed by atoms with Crippen molar-refractivity contribution in [3.63, 3.8) is 0 Å². The van der Waals surface area contributed by atoms with Crippen molar-refractivity contribution >= 4 is 11.6 Å². The van der Waals surface area contributed by atoms with Gasteiger partial charge in [0.05, 0.1) is 6.04 Å². The van der Waals surface area contributed by atoms with Gasteiger partial charge in [-0.2, -0.15) is 13.2 Å². The zero-order valence-electron chi connectivity index (χ0n) is 14.0. The third-order valence-corrected chi connectivity index (χ3v) is 3.80. The van der Waals surface area contributed by atoms with E-state index in [1.807, 2.05) is 32.9 Å². The second-order valence-electron chi connectivity index (χ2n) is 5.94. The lowest BCUT2D eigenvalue weighted by atomic mass is 10.0. The summed E-state index contributed by atoms with van der Waals surface area (Å²) < 4.78 is 37.2. The van der Waals surface area contributed by atoms with Crippen molar-refractivity contribution in [2.45, 2.75) is 46.0 Å². The fraction of sp³-hybridized carbons (Fsp3) is 0.562. The molecule has 0 aliphatic rings. The number of nitrogens with one attached hydrogen (secondary N) is 1. The Balaban J connectivity index is 2.78. The summed E-state index contributed by atoms with van der Waals surface area (Å²) in [5.74, 6) is -0.420. The quantitative estimate of drug-likeness (QED) is 0.872. The van der Waals surface area contributed by atoms with Gasteiger partial charge >= 0.3 is 6.18 Å².